The van der Waals surface area contributed by atoms with E-state index in [4.69, 9.17) is 4.74 Å². The lowest BCUT2D eigenvalue weighted by atomic mass is 10.1. The van der Waals surface area contributed by atoms with Crippen LogP contribution in [0.2, 0.25) is 0 Å². The predicted octanol–water partition coefficient (Wildman–Crippen LogP) is 2.70. The van der Waals surface area contributed by atoms with Gasteiger partial charge in [-0.3, -0.25) is 9.52 Å². The van der Waals surface area contributed by atoms with E-state index >= 15 is 0 Å². The van der Waals surface area contributed by atoms with Gasteiger partial charge in [-0.15, -0.1) is 0 Å². The summed E-state index contributed by atoms with van der Waals surface area (Å²) >= 11 is 0. The van der Waals surface area contributed by atoms with Crippen molar-refractivity contribution in [3.63, 3.8) is 0 Å². The van der Waals surface area contributed by atoms with Gasteiger partial charge < -0.3 is 10.1 Å². The molecule has 0 saturated carbocycles. The number of rotatable bonds is 6. The van der Waals surface area contributed by atoms with Crippen molar-refractivity contribution in [2.75, 3.05) is 17.9 Å². The van der Waals surface area contributed by atoms with Gasteiger partial charge in [-0.1, -0.05) is 24.3 Å². The summed E-state index contributed by atoms with van der Waals surface area (Å²) in [4.78, 5) is 12.6. The molecule has 138 valence electrons. The fourth-order valence-corrected chi connectivity index (χ4v) is 4.05. The summed E-state index contributed by atoms with van der Waals surface area (Å²) in [6.07, 6.45) is 2.01. The maximum atomic E-state index is 12.5. The van der Waals surface area contributed by atoms with Crippen molar-refractivity contribution < 1.29 is 17.9 Å². The minimum absolute atomic E-state index is 0.0547. The zero-order valence-corrected chi connectivity index (χ0v) is 15.4. The summed E-state index contributed by atoms with van der Waals surface area (Å²) in [6, 6.07) is 13.1. The Morgan fingerprint density at radius 3 is 2.62 bits per heavy atom. The molecule has 2 aromatic carbocycles. The number of amides is 1. The van der Waals surface area contributed by atoms with E-state index < -0.39 is 10.0 Å². The second-order valence-corrected chi connectivity index (χ2v) is 7.92. The smallest absolute Gasteiger partial charge is 0.261 e. The van der Waals surface area contributed by atoms with Gasteiger partial charge in [-0.25, -0.2) is 8.42 Å². The highest BCUT2D eigenvalue weighted by atomic mass is 32.2. The van der Waals surface area contributed by atoms with Crippen molar-refractivity contribution >= 4 is 21.6 Å². The topological polar surface area (TPSA) is 84.5 Å². The average molecular weight is 374 g/mol. The molecule has 0 aliphatic carbocycles. The Balaban J connectivity index is 1.75. The van der Waals surface area contributed by atoms with Crippen molar-refractivity contribution in [2.24, 2.45) is 0 Å². The van der Waals surface area contributed by atoms with Crippen LogP contribution in [0, 0.1) is 6.92 Å². The molecular weight excluding hydrogens is 352 g/mol. The molecule has 6 nitrogen and oxygen atoms in total. The van der Waals surface area contributed by atoms with E-state index in [1.165, 1.54) is 12.1 Å². The fraction of sp³-hybridized carbons (Fsp3) is 0.316. The summed E-state index contributed by atoms with van der Waals surface area (Å²) in [5.41, 5.74) is 1.41. The van der Waals surface area contributed by atoms with Crippen molar-refractivity contribution in [3.05, 3.63) is 59.7 Å². The maximum Gasteiger partial charge on any atom is 0.261 e. The van der Waals surface area contributed by atoms with Crippen LogP contribution < -0.4 is 10.0 Å². The third kappa shape index (κ3) is 4.23. The SMILES string of the molecule is Cc1c(NS(=O)(=O)c2ccccc2)cccc1C(=O)NCC1CCCO1. The number of ether oxygens (including phenoxy) is 1. The first-order valence-electron chi connectivity index (χ1n) is 8.54. The molecule has 1 fully saturated rings. The molecule has 0 radical (unpaired) electrons. The third-order valence-electron chi connectivity index (χ3n) is 4.39. The van der Waals surface area contributed by atoms with Crippen LogP contribution in [0.5, 0.6) is 0 Å². The highest BCUT2D eigenvalue weighted by Gasteiger charge is 2.20. The minimum Gasteiger partial charge on any atom is -0.376 e. The molecule has 1 saturated heterocycles. The normalized spacial score (nSPS) is 17.0. The van der Waals surface area contributed by atoms with E-state index in [0.29, 0.717) is 23.4 Å². The van der Waals surface area contributed by atoms with Gasteiger partial charge in [0.1, 0.15) is 0 Å². The third-order valence-corrected chi connectivity index (χ3v) is 5.77. The molecule has 1 heterocycles. The number of carbonyl (C=O) groups excluding carboxylic acids is 1. The van der Waals surface area contributed by atoms with Crippen molar-refractivity contribution in [1.29, 1.82) is 0 Å². The fourth-order valence-electron chi connectivity index (χ4n) is 2.90. The molecule has 1 aliphatic heterocycles. The maximum absolute atomic E-state index is 12.5. The Kier molecular flexibility index (Phi) is 5.58. The number of hydrogen-bond donors (Lipinski definition) is 2. The largest absolute Gasteiger partial charge is 0.376 e. The Labute approximate surface area is 153 Å². The Morgan fingerprint density at radius 1 is 1.15 bits per heavy atom. The lowest BCUT2D eigenvalue weighted by Gasteiger charge is -2.15. The van der Waals surface area contributed by atoms with Crippen LogP contribution in [-0.2, 0) is 14.8 Å². The van der Waals surface area contributed by atoms with E-state index in [-0.39, 0.29) is 16.9 Å². The van der Waals surface area contributed by atoms with Crippen LogP contribution in [0.3, 0.4) is 0 Å². The van der Waals surface area contributed by atoms with Crippen LogP contribution in [-0.4, -0.2) is 33.6 Å². The van der Waals surface area contributed by atoms with Crippen LogP contribution in [0.15, 0.2) is 53.4 Å². The Morgan fingerprint density at radius 2 is 1.92 bits per heavy atom. The second-order valence-electron chi connectivity index (χ2n) is 6.24. The highest BCUT2D eigenvalue weighted by Crippen LogP contribution is 2.22. The molecule has 26 heavy (non-hydrogen) atoms. The van der Waals surface area contributed by atoms with Gasteiger partial charge in [0.15, 0.2) is 0 Å². The predicted molar refractivity (Wildman–Crippen MR) is 99.7 cm³/mol. The van der Waals surface area contributed by atoms with E-state index in [0.717, 1.165) is 19.4 Å². The van der Waals surface area contributed by atoms with Gasteiger partial charge in [-0.05, 0) is 49.6 Å². The van der Waals surface area contributed by atoms with E-state index in [9.17, 15) is 13.2 Å². The molecule has 0 spiro atoms. The first-order chi connectivity index (χ1) is 12.5. The Hall–Kier alpha value is -2.38. The molecule has 0 aromatic heterocycles. The standard InChI is InChI=1S/C19H22N2O4S/c1-14-17(19(22)20-13-15-7-6-12-25-15)10-5-11-18(14)21-26(23,24)16-8-3-2-4-9-16/h2-5,8-11,15,21H,6-7,12-13H2,1H3,(H,20,22). The first kappa shape index (κ1) is 18.4. The quantitative estimate of drug-likeness (QED) is 0.814. The number of sulfonamides is 1. The molecule has 1 aliphatic rings. The lowest BCUT2D eigenvalue weighted by molar-refractivity contribution is 0.0857. The number of benzene rings is 2. The number of hydrogen-bond acceptors (Lipinski definition) is 4. The monoisotopic (exact) mass is 374 g/mol. The van der Waals surface area contributed by atoms with E-state index in [1.54, 1.807) is 43.3 Å². The molecular formula is C19H22N2O4S. The highest BCUT2D eigenvalue weighted by molar-refractivity contribution is 7.92. The van der Waals surface area contributed by atoms with Gasteiger partial charge in [0, 0.05) is 18.7 Å². The zero-order chi connectivity index (χ0) is 18.6. The molecule has 3 rings (SSSR count). The summed E-state index contributed by atoms with van der Waals surface area (Å²) < 4.78 is 33.1. The zero-order valence-electron chi connectivity index (χ0n) is 14.6. The molecule has 2 N–H and O–H groups in total. The molecule has 2 aromatic rings. The first-order valence-corrected chi connectivity index (χ1v) is 10.0. The van der Waals surface area contributed by atoms with Crippen LogP contribution >= 0.6 is 0 Å². The van der Waals surface area contributed by atoms with Gasteiger partial charge in [0.2, 0.25) is 0 Å². The van der Waals surface area contributed by atoms with E-state index in [2.05, 4.69) is 10.0 Å². The number of nitrogens with one attached hydrogen (secondary N) is 2. The van der Waals surface area contributed by atoms with Crippen molar-refractivity contribution in [1.82, 2.24) is 5.32 Å². The Bertz CT molecular complexity index is 876. The molecule has 7 heteroatoms. The van der Waals surface area contributed by atoms with Gasteiger partial charge in [0.25, 0.3) is 15.9 Å². The lowest BCUT2D eigenvalue weighted by Crippen LogP contribution is -2.32. The van der Waals surface area contributed by atoms with Gasteiger partial charge in [0.05, 0.1) is 16.7 Å². The van der Waals surface area contributed by atoms with Crippen LogP contribution in [0.25, 0.3) is 0 Å². The average Bonchev–Trinajstić information content (AvgIpc) is 3.16. The molecule has 1 atom stereocenters. The van der Waals surface area contributed by atoms with Crippen LogP contribution in [0.4, 0.5) is 5.69 Å². The summed E-state index contributed by atoms with van der Waals surface area (Å²) in [7, 11) is -3.71. The molecule has 1 amide bonds. The second kappa shape index (κ2) is 7.88. The van der Waals surface area contributed by atoms with Gasteiger partial charge >= 0.3 is 0 Å². The number of anilines is 1. The van der Waals surface area contributed by atoms with Crippen molar-refractivity contribution in [3.8, 4) is 0 Å². The summed E-state index contributed by atoms with van der Waals surface area (Å²) in [5.74, 6) is -0.237. The van der Waals surface area contributed by atoms with Crippen LogP contribution in [0.1, 0.15) is 28.8 Å². The molecule has 0 bridgehead atoms. The minimum atomic E-state index is -3.71. The number of carbonyl (C=O) groups is 1. The van der Waals surface area contributed by atoms with Crippen molar-refractivity contribution in [2.45, 2.75) is 30.8 Å². The van der Waals surface area contributed by atoms with E-state index in [1.807, 2.05) is 0 Å². The summed E-state index contributed by atoms with van der Waals surface area (Å²) in [6.45, 7) is 2.92. The molecule has 1 unspecified atom stereocenters. The van der Waals surface area contributed by atoms with Gasteiger partial charge in [-0.2, -0.15) is 0 Å². The summed E-state index contributed by atoms with van der Waals surface area (Å²) in [5, 5.41) is 2.86.